The van der Waals surface area contributed by atoms with Crippen LogP contribution in [0.5, 0.6) is 0 Å². The van der Waals surface area contributed by atoms with Crippen molar-refractivity contribution < 1.29 is 22.9 Å². The number of alkyl halides is 3. The largest absolute Gasteiger partial charge is 0.418 e. The van der Waals surface area contributed by atoms with Crippen molar-refractivity contribution in [2.24, 2.45) is 0 Å². The smallest absolute Gasteiger partial charge is 0.321 e. The summed E-state index contributed by atoms with van der Waals surface area (Å²) in [5.74, 6) is -0.982. The van der Waals surface area contributed by atoms with E-state index >= 15 is 0 Å². The summed E-state index contributed by atoms with van der Waals surface area (Å²) >= 11 is 1.72. The minimum atomic E-state index is -4.66. The maximum atomic E-state index is 13.0. The fourth-order valence-electron chi connectivity index (χ4n) is 1.87. The van der Waals surface area contributed by atoms with Gasteiger partial charge < -0.3 is 5.32 Å². The van der Waals surface area contributed by atoms with E-state index < -0.39 is 33.9 Å². The zero-order valence-electron chi connectivity index (χ0n) is 11.2. The monoisotopic (exact) mass is 436 g/mol. The number of halogens is 4. The number of nitrogens with zero attached hydrogens (tertiary/aromatic N) is 1. The molecule has 0 aliphatic carbocycles. The highest BCUT2D eigenvalue weighted by Gasteiger charge is 2.34. The molecule has 0 saturated carbocycles. The predicted molar refractivity (Wildman–Crippen MR) is 85.2 cm³/mol. The Kier molecular flexibility index (Phi) is 4.88. The Balaban J connectivity index is 2.41. The Hall–Kier alpha value is -2.17. The second-order valence-corrected chi connectivity index (χ2v) is 5.66. The minimum absolute atomic E-state index is 0.316. The van der Waals surface area contributed by atoms with E-state index in [1.165, 1.54) is 24.3 Å². The molecule has 1 N–H and O–H groups in total. The molecule has 0 saturated heterocycles. The van der Waals surface area contributed by atoms with Gasteiger partial charge in [-0.15, -0.1) is 0 Å². The number of carbonyl (C=O) groups is 1. The molecular weight excluding hydrogens is 428 g/mol. The second kappa shape index (κ2) is 6.52. The molecule has 2 rings (SSSR count). The van der Waals surface area contributed by atoms with Gasteiger partial charge in [-0.1, -0.05) is 12.1 Å². The van der Waals surface area contributed by atoms with Crippen LogP contribution in [0.2, 0.25) is 0 Å². The summed E-state index contributed by atoms with van der Waals surface area (Å²) in [6.45, 7) is 0. The normalized spacial score (nSPS) is 11.1. The number of hydrogen-bond donors (Lipinski definition) is 1. The number of nitrogens with one attached hydrogen (secondary N) is 1. The van der Waals surface area contributed by atoms with Crippen molar-refractivity contribution in [1.29, 1.82) is 0 Å². The molecule has 0 aliphatic rings. The molecule has 0 spiro atoms. The number of carbonyl (C=O) groups excluding carboxylic acids is 1. The summed E-state index contributed by atoms with van der Waals surface area (Å²) in [5, 5.41) is 13.0. The lowest BCUT2D eigenvalue weighted by atomic mass is 10.1. The average Bonchev–Trinajstić information content (AvgIpc) is 2.48. The Bertz CT molecular complexity index is 778. The lowest BCUT2D eigenvalue weighted by Gasteiger charge is -2.14. The van der Waals surface area contributed by atoms with Gasteiger partial charge >= 0.3 is 6.18 Å². The lowest BCUT2D eigenvalue weighted by molar-refractivity contribution is -0.385. The first-order chi connectivity index (χ1) is 10.7. The molecule has 2 aromatic rings. The molecule has 0 aliphatic heterocycles. The highest BCUT2D eigenvalue weighted by atomic mass is 127. The predicted octanol–water partition coefficient (Wildman–Crippen LogP) is 4.47. The molecule has 2 aromatic carbocycles. The quantitative estimate of drug-likeness (QED) is 0.439. The molecule has 5 nitrogen and oxygen atoms in total. The number of anilines is 1. The molecule has 9 heteroatoms. The molecule has 0 fully saturated rings. The molecule has 0 aromatic heterocycles. The molecular formula is C14H8F3IN2O3. The van der Waals surface area contributed by atoms with Gasteiger partial charge in [-0.25, -0.2) is 0 Å². The van der Waals surface area contributed by atoms with Crippen molar-refractivity contribution in [3.05, 3.63) is 67.3 Å². The van der Waals surface area contributed by atoms with E-state index in [0.29, 0.717) is 3.57 Å². The third-order valence-corrected chi connectivity index (χ3v) is 3.55. The Morgan fingerprint density at radius 2 is 1.83 bits per heavy atom. The Labute approximate surface area is 141 Å². The molecule has 0 atom stereocenters. The van der Waals surface area contributed by atoms with Crippen molar-refractivity contribution in [3.8, 4) is 0 Å². The van der Waals surface area contributed by atoms with Crippen molar-refractivity contribution >= 4 is 39.9 Å². The average molecular weight is 436 g/mol. The van der Waals surface area contributed by atoms with Gasteiger partial charge in [0.05, 0.1) is 16.2 Å². The molecule has 1 amide bonds. The van der Waals surface area contributed by atoms with E-state index in [1.807, 2.05) is 0 Å². The SMILES string of the molecule is O=C(Nc1ccc(I)cc1C(F)(F)F)c1ccccc1[N+](=O)[O-]. The van der Waals surface area contributed by atoms with Gasteiger partial charge in [0.25, 0.3) is 11.6 Å². The van der Waals surface area contributed by atoms with Gasteiger partial charge in [0.15, 0.2) is 0 Å². The summed E-state index contributed by atoms with van der Waals surface area (Å²) in [7, 11) is 0. The maximum absolute atomic E-state index is 13.0. The highest BCUT2D eigenvalue weighted by molar-refractivity contribution is 14.1. The van der Waals surface area contributed by atoms with Crippen LogP contribution in [0.15, 0.2) is 42.5 Å². The fraction of sp³-hybridized carbons (Fsp3) is 0.0714. The van der Waals surface area contributed by atoms with Crippen molar-refractivity contribution in [1.82, 2.24) is 0 Å². The van der Waals surface area contributed by atoms with E-state index in [-0.39, 0.29) is 5.56 Å². The molecule has 0 heterocycles. The van der Waals surface area contributed by atoms with E-state index in [4.69, 9.17) is 0 Å². The van der Waals surface area contributed by atoms with Gasteiger partial charge in [-0.05, 0) is 46.9 Å². The number of nitro groups is 1. The highest BCUT2D eigenvalue weighted by Crippen LogP contribution is 2.36. The Morgan fingerprint density at radius 3 is 2.43 bits per heavy atom. The van der Waals surface area contributed by atoms with Gasteiger partial charge in [-0.2, -0.15) is 13.2 Å². The number of nitro benzene ring substituents is 1. The number of amides is 1. The molecule has 0 radical (unpaired) electrons. The minimum Gasteiger partial charge on any atom is -0.321 e. The summed E-state index contributed by atoms with van der Waals surface area (Å²) in [4.78, 5) is 22.2. The maximum Gasteiger partial charge on any atom is 0.418 e. The van der Waals surface area contributed by atoms with Gasteiger partial charge in [0, 0.05) is 9.64 Å². The molecule has 0 unspecified atom stereocenters. The first kappa shape index (κ1) is 17.2. The van der Waals surface area contributed by atoms with E-state index in [0.717, 1.165) is 18.2 Å². The standard InChI is InChI=1S/C14H8F3IN2O3/c15-14(16,17)10-7-8(18)5-6-11(10)19-13(21)9-3-1-2-4-12(9)20(22)23/h1-7H,(H,19,21). The Morgan fingerprint density at radius 1 is 1.17 bits per heavy atom. The van der Waals surface area contributed by atoms with Gasteiger partial charge in [0.1, 0.15) is 5.56 Å². The molecule has 0 bridgehead atoms. The van der Waals surface area contributed by atoms with Crippen LogP contribution in [-0.4, -0.2) is 10.8 Å². The van der Waals surface area contributed by atoms with Crippen molar-refractivity contribution in [2.45, 2.75) is 6.18 Å². The van der Waals surface area contributed by atoms with Crippen LogP contribution >= 0.6 is 22.6 Å². The molecule has 120 valence electrons. The number of benzene rings is 2. The summed E-state index contributed by atoms with van der Waals surface area (Å²) in [6, 6.07) is 8.42. The summed E-state index contributed by atoms with van der Waals surface area (Å²) in [6.07, 6.45) is -4.66. The topological polar surface area (TPSA) is 72.2 Å². The van der Waals surface area contributed by atoms with E-state index in [1.54, 1.807) is 22.6 Å². The van der Waals surface area contributed by atoms with Gasteiger partial charge in [0.2, 0.25) is 0 Å². The van der Waals surface area contributed by atoms with Crippen molar-refractivity contribution in [3.63, 3.8) is 0 Å². The van der Waals surface area contributed by atoms with Crippen molar-refractivity contribution in [2.75, 3.05) is 5.32 Å². The zero-order valence-corrected chi connectivity index (χ0v) is 13.4. The number of para-hydroxylation sites is 1. The van der Waals surface area contributed by atoms with Crippen LogP contribution in [-0.2, 0) is 6.18 Å². The van der Waals surface area contributed by atoms with Gasteiger partial charge in [-0.3, -0.25) is 14.9 Å². The first-order valence-electron chi connectivity index (χ1n) is 6.11. The fourth-order valence-corrected chi connectivity index (χ4v) is 2.37. The summed E-state index contributed by atoms with van der Waals surface area (Å²) < 4.78 is 39.4. The van der Waals surface area contributed by atoms with E-state index in [2.05, 4.69) is 5.32 Å². The van der Waals surface area contributed by atoms with Crippen LogP contribution in [0.1, 0.15) is 15.9 Å². The third-order valence-electron chi connectivity index (χ3n) is 2.88. The zero-order chi connectivity index (χ0) is 17.2. The van der Waals surface area contributed by atoms with Crippen LogP contribution in [0.3, 0.4) is 0 Å². The second-order valence-electron chi connectivity index (χ2n) is 4.42. The summed E-state index contributed by atoms with van der Waals surface area (Å²) in [5.41, 5.74) is -2.27. The van der Waals surface area contributed by atoms with Crippen LogP contribution in [0, 0.1) is 13.7 Å². The van der Waals surface area contributed by atoms with Crippen LogP contribution in [0.4, 0.5) is 24.5 Å². The number of rotatable bonds is 3. The first-order valence-corrected chi connectivity index (χ1v) is 7.19. The lowest BCUT2D eigenvalue weighted by Crippen LogP contribution is -2.18. The number of hydrogen-bond acceptors (Lipinski definition) is 3. The third kappa shape index (κ3) is 3.97. The molecule has 23 heavy (non-hydrogen) atoms. The van der Waals surface area contributed by atoms with E-state index in [9.17, 15) is 28.1 Å². The van der Waals surface area contributed by atoms with Crippen LogP contribution < -0.4 is 5.32 Å². The van der Waals surface area contributed by atoms with Crippen LogP contribution in [0.25, 0.3) is 0 Å².